The molecule has 0 unspecified atom stereocenters. The molecular formula is C4H9FSi. The molecule has 0 nitrogen and oxygen atoms in total. The van der Waals surface area contributed by atoms with Gasteiger partial charge in [0, 0.05) is 0 Å². The van der Waals surface area contributed by atoms with Crippen LogP contribution in [0, 0.1) is 0 Å². The minimum absolute atomic E-state index is 0.141. The highest BCUT2D eigenvalue weighted by atomic mass is 28.2. The van der Waals surface area contributed by atoms with Crippen molar-refractivity contribution in [1.29, 1.82) is 0 Å². The molecule has 0 aliphatic heterocycles. The molecular weight excluding hydrogens is 95.1 g/mol. The van der Waals surface area contributed by atoms with E-state index in [4.69, 9.17) is 0 Å². The second kappa shape index (κ2) is 3.34. The molecule has 0 saturated carbocycles. The fraction of sp³-hybridized carbons (Fsp3) is 1.00. The van der Waals surface area contributed by atoms with Gasteiger partial charge in [-0.2, -0.15) is 0 Å². The summed E-state index contributed by atoms with van der Waals surface area (Å²) >= 11 is 0. The van der Waals surface area contributed by atoms with Gasteiger partial charge >= 0.3 is 0 Å². The lowest BCUT2D eigenvalue weighted by atomic mass is 10.6. The molecule has 0 atom stereocenters. The quantitative estimate of drug-likeness (QED) is 0.465. The lowest BCUT2D eigenvalue weighted by Crippen LogP contribution is -1.95. The van der Waals surface area contributed by atoms with Crippen molar-refractivity contribution in [2.75, 3.05) is 6.30 Å². The lowest BCUT2D eigenvalue weighted by Gasteiger charge is -1.91. The van der Waals surface area contributed by atoms with E-state index in [1.807, 2.05) is 13.8 Å². The largest absolute Gasteiger partial charge is 0.256 e. The fourth-order valence-electron chi connectivity index (χ4n) is 0.154. The van der Waals surface area contributed by atoms with E-state index in [0.717, 1.165) is 0 Å². The summed E-state index contributed by atoms with van der Waals surface area (Å²) in [6.45, 7) is 4.05. The van der Waals surface area contributed by atoms with Crippen molar-refractivity contribution in [2.45, 2.75) is 19.4 Å². The number of hydrogen-bond acceptors (Lipinski definition) is 0. The number of hydrogen-bond donors (Lipinski definition) is 0. The summed E-state index contributed by atoms with van der Waals surface area (Å²) in [6, 6.07) is 0. The van der Waals surface area contributed by atoms with Crippen LogP contribution in [-0.4, -0.2) is 15.8 Å². The van der Waals surface area contributed by atoms with Crippen molar-refractivity contribution < 1.29 is 4.39 Å². The Morgan fingerprint density at radius 2 is 2.17 bits per heavy atom. The molecule has 0 aromatic rings. The minimum Gasteiger partial charge on any atom is -0.256 e. The van der Waals surface area contributed by atoms with Crippen LogP contribution in [0.5, 0.6) is 0 Å². The molecule has 0 saturated heterocycles. The van der Waals surface area contributed by atoms with Gasteiger partial charge in [-0.1, -0.05) is 19.4 Å². The Labute approximate surface area is 40.6 Å². The van der Waals surface area contributed by atoms with Gasteiger partial charge in [0.25, 0.3) is 0 Å². The van der Waals surface area contributed by atoms with Crippen LogP contribution in [0.25, 0.3) is 0 Å². The first kappa shape index (κ1) is 6.15. The van der Waals surface area contributed by atoms with Crippen molar-refractivity contribution in [3.05, 3.63) is 0 Å². The SMILES string of the molecule is CC(C)[Si]CF. The van der Waals surface area contributed by atoms with Crippen molar-refractivity contribution in [2.24, 2.45) is 0 Å². The second-order valence-corrected chi connectivity index (χ2v) is 3.32. The first-order chi connectivity index (χ1) is 2.77. The molecule has 0 fully saturated rings. The van der Waals surface area contributed by atoms with Crippen molar-refractivity contribution >= 4 is 9.52 Å². The monoisotopic (exact) mass is 104 g/mol. The highest BCUT2D eigenvalue weighted by Gasteiger charge is 1.90. The molecule has 0 bridgehead atoms. The van der Waals surface area contributed by atoms with E-state index < -0.39 is 0 Å². The smallest absolute Gasteiger partial charge is 0.0835 e. The van der Waals surface area contributed by atoms with E-state index in [9.17, 15) is 4.39 Å². The first-order valence-electron chi connectivity index (χ1n) is 2.06. The van der Waals surface area contributed by atoms with Gasteiger partial charge in [0.2, 0.25) is 0 Å². The average molecular weight is 104 g/mol. The summed E-state index contributed by atoms with van der Waals surface area (Å²) in [4.78, 5) is 0. The molecule has 0 aromatic heterocycles. The Kier molecular flexibility index (Phi) is 3.42. The molecule has 0 aliphatic rings. The summed E-state index contributed by atoms with van der Waals surface area (Å²) in [5.74, 6) is 0. The van der Waals surface area contributed by atoms with Gasteiger partial charge < -0.3 is 0 Å². The Bertz CT molecular complexity index is 28.7. The number of alkyl halides is 1. The number of rotatable bonds is 2. The van der Waals surface area contributed by atoms with Gasteiger partial charge in [0.15, 0.2) is 0 Å². The topological polar surface area (TPSA) is 0 Å². The zero-order valence-electron chi connectivity index (χ0n) is 4.16. The van der Waals surface area contributed by atoms with E-state index >= 15 is 0 Å². The molecule has 0 amide bonds. The van der Waals surface area contributed by atoms with Crippen LogP contribution >= 0.6 is 0 Å². The van der Waals surface area contributed by atoms with Crippen molar-refractivity contribution in [3.63, 3.8) is 0 Å². The molecule has 2 heteroatoms. The first-order valence-corrected chi connectivity index (χ1v) is 3.35. The molecule has 0 N–H and O–H groups in total. The van der Waals surface area contributed by atoms with Gasteiger partial charge in [0.1, 0.15) is 0 Å². The maximum Gasteiger partial charge on any atom is 0.0835 e. The van der Waals surface area contributed by atoms with Crippen LogP contribution in [-0.2, 0) is 0 Å². The van der Waals surface area contributed by atoms with Crippen LogP contribution in [0.1, 0.15) is 13.8 Å². The minimum atomic E-state index is -0.141. The normalized spacial score (nSPS) is 10.0. The van der Waals surface area contributed by atoms with Crippen molar-refractivity contribution in [3.8, 4) is 0 Å². The van der Waals surface area contributed by atoms with Gasteiger partial charge in [-0.15, -0.1) is 0 Å². The van der Waals surface area contributed by atoms with Gasteiger partial charge in [-0.3, -0.25) is 4.39 Å². The van der Waals surface area contributed by atoms with E-state index in [1.54, 1.807) is 0 Å². The van der Waals surface area contributed by atoms with E-state index in [0.29, 0.717) is 15.1 Å². The van der Waals surface area contributed by atoms with Crippen LogP contribution in [0.2, 0.25) is 5.54 Å². The average Bonchev–Trinajstić information content (AvgIpc) is 1.35. The zero-order chi connectivity index (χ0) is 4.99. The highest BCUT2D eigenvalue weighted by molar-refractivity contribution is 6.36. The predicted octanol–water partition coefficient (Wildman–Crippen LogP) is 1.45. The molecule has 0 heterocycles. The molecule has 0 aliphatic carbocycles. The third kappa shape index (κ3) is 4.15. The summed E-state index contributed by atoms with van der Waals surface area (Å²) < 4.78 is 11.3. The molecule has 36 valence electrons. The van der Waals surface area contributed by atoms with Crippen LogP contribution < -0.4 is 0 Å². The molecule has 0 spiro atoms. The Morgan fingerprint density at radius 1 is 1.67 bits per heavy atom. The van der Waals surface area contributed by atoms with Crippen LogP contribution in [0.4, 0.5) is 4.39 Å². The predicted molar refractivity (Wildman–Crippen MR) is 26.8 cm³/mol. The Hall–Kier alpha value is 0.147. The molecule has 6 heavy (non-hydrogen) atoms. The maximum absolute atomic E-state index is 11.3. The summed E-state index contributed by atoms with van der Waals surface area (Å²) in [5.41, 5.74) is 0.551. The summed E-state index contributed by atoms with van der Waals surface area (Å²) in [5, 5.41) is 0. The third-order valence-corrected chi connectivity index (χ3v) is 1.46. The Balaban J connectivity index is 2.63. The van der Waals surface area contributed by atoms with Gasteiger partial charge in [-0.05, 0) is 0 Å². The second-order valence-electron chi connectivity index (χ2n) is 1.49. The lowest BCUT2D eigenvalue weighted by molar-refractivity contribution is 0.589. The zero-order valence-corrected chi connectivity index (χ0v) is 5.16. The molecule has 0 aromatic carbocycles. The Morgan fingerprint density at radius 3 is 2.17 bits per heavy atom. The summed E-state index contributed by atoms with van der Waals surface area (Å²) in [7, 11) is 0.505. The standard InChI is InChI=1S/C4H9FSi/c1-4(2)6-3-5/h4H,3H2,1-2H3. The van der Waals surface area contributed by atoms with E-state index in [-0.39, 0.29) is 6.30 Å². The molecule has 2 radical (unpaired) electrons. The van der Waals surface area contributed by atoms with Gasteiger partial charge in [-0.25, -0.2) is 0 Å². The number of halogens is 1. The molecule has 0 rings (SSSR count). The van der Waals surface area contributed by atoms with Crippen LogP contribution in [0.15, 0.2) is 0 Å². The van der Waals surface area contributed by atoms with Crippen LogP contribution in [0.3, 0.4) is 0 Å². The summed E-state index contributed by atoms with van der Waals surface area (Å²) in [6.07, 6.45) is -0.141. The van der Waals surface area contributed by atoms with Crippen molar-refractivity contribution in [1.82, 2.24) is 0 Å². The maximum atomic E-state index is 11.3. The van der Waals surface area contributed by atoms with E-state index in [1.165, 1.54) is 0 Å². The third-order valence-electron chi connectivity index (χ3n) is 0.485. The van der Waals surface area contributed by atoms with E-state index in [2.05, 4.69) is 0 Å². The fourth-order valence-corrected chi connectivity index (χ4v) is 0.463. The highest BCUT2D eigenvalue weighted by Crippen LogP contribution is 1.94. The van der Waals surface area contributed by atoms with Gasteiger partial charge in [0.05, 0.1) is 15.8 Å².